The van der Waals surface area contributed by atoms with Gasteiger partial charge >= 0.3 is 0 Å². The quantitative estimate of drug-likeness (QED) is 0.344. The normalized spacial score (nSPS) is 17.6. The summed E-state index contributed by atoms with van der Waals surface area (Å²) in [5.74, 6) is -4.18. The number of benzene rings is 2. The van der Waals surface area contributed by atoms with Crippen LogP contribution in [-0.4, -0.2) is 27.9 Å². The van der Waals surface area contributed by atoms with Crippen LogP contribution >= 0.6 is 0 Å². The fourth-order valence-electron chi connectivity index (χ4n) is 3.70. The summed E-state index contributed by atoms with van der Waals surface area (Å²) in [6, 6.07) is 13.1. The highest BCUT2D eigenvalue weighted by Crippen LogP contribution is 2.42. The van der Waals surface area contributed by atoms with E-state index in [0.29, 0.717) is 5.75 Å². The molecular weight excluding hydrogens is 430 g/mol. The molecule has 1 saturated heterocycles. The minimum absolute atomic E-state index is 0.0393. The lowest BCUT2D eigenvalue weighted by atomic mass is 9.98. The van der Waals surface area contributed by atoms with E-state index in [-0.39, 0.29) is 28.6 Å². The molecule has 0 bridgehead atoms. The summed E-state index contributed by atoms with van der Waals surface area (Å²) in [4.78, 5) is 31.3. The molecule has 1 amide bonds. The van der Waals surface area contributed by atoms with Crippen molar-refractivity contribution in [3.63, 3.8) is 0 Å². The summed E-state index contributed by atoms with van der Waals surface area (Å²) in [7, 11) is 0. The summed E-state index contributed by atoms with van der Waals surface area (Å²) in [5.41, 5.74) is 0.280. The van der Waals surface area contributed by atoms with Crippen molar-refractivity contribution in [2.75, 3.05) is 4.90 Å². The van der Waals surface area contributed by atoms with Crippen molar-refractivity contribution in [1.82, 2.24) is 4.98 Å². The van der Waals surface area contributed by atoms with Crippen molar-refractivity contribution in [1.29, 1.82) is 0 Å². The van der Waals surface area contributed by atoms with Crippen molar-refractivity contribution in [2.45, 2.75) is 26.0 Å². The Bertz CT molecular complexity index is 1260. The molecule has 3 aromatic rings. The monoisotopic (exact) mass is 450 g/mol. The number of hydrogen-bond acceptors (Lipinski definition) is 5. The van der Waals surface area contributed by atoms with Crippen LogP contribution in [0.2, 0.25) is 0 Å². The van der Waals surface area contributed by atoms with Gasteiger partial charge in [0.1, 0.15) is 17.6 Å². The number of aliphatic hydroxyl groups is 1. The van der Waals surface area contributed by atoms with Crippen LogP contribution in [0.25, 0.3) is 5.76 Å². The van der Waals surface area contributed by atoms with Gasteiger partial charge in [-0.05, 0) is 50.2 Å². The topological polar surface area (TPSA) is 79.7 Å². The van der Waals surface area contributed by atoms with Gasteiger partial charge in [-0.15, -0.1) is 0 Å². The summed E-state index contributed by atoms with van der Waals surface area (Å²) in [6.45, 7) is 3.70. The van der Waals surface area contributed by atoms with Gasteiger partial charge in [0.25, 0.3) is 11.7 Å². The molecule has 6 nitrogen and oxygen atoms in total. The maximum Gasteiger partial charge on any atom is 0.300 e. The average molecular weight is 450 g/mol. The van der Waals surface area contributed by atoms with E-state index in [1.165, 1.54) is 12.3 Å². The zero-order valence-electron chi connectivity index (χ0n) is 17.8. The molecule has 1 aliphatic rings. The summed E-state index contributed by atoms with van der Waals surface area (Å²) in [6.07, 6.45) is 1.35. The Morgan fingerprint density at radius 1 is 1.03 bits per heavy atom. The first-order valence-corrected chi connectivity index (χ1v) is 10.2. The number of carbonyl (C=O) groups excluding carboxylic acids is 2. The SMILES string of the molecule is CC(C)Oc1cccc(/C(O)=C2\C(=O)C(=O)N(c3ccc(F)c(F)c3)C2c2ccccn2)c1. The molecule has 0 saturated carbocycles. The van der Waals surface area contributed by atoms with Gasteiger partial charge in [-0.25, -0.2) is 8.78 Å². The Morgan fingerprint density at radius 3 is 2.48 bits per heavy atom. The fourth-order valence-corrected chi connectivity index (χ4v) is 3.70. The third-order valence-corrected chi connectivity index (χ3v) is 5.07. The number of amides is 1. The Kier molecular flexibility index (Phi) is 5.91. The Morgan fingerprint density at radius 2 is 1.82 bits per heavy atom. The third-order valence-electron chi connectivity index (χ3n) is 5.07. The zero-order chi connectivity index (χ0) is 23.7. The first-order valence-electron chi connectivity index (χ1n) is 10.2. The van der Waals surface area contributed by atoms with Crippen LogP contribution < -0.4 is 9.64 Å². The number of halogens is 2. The average Bonchev–Trinajstić information content (AvgIpc) is 3.06. The first kappa shape index (κ1) is 22.1. The molecule has 1 aliphatic heterocycles. The molecule has 8 heteroatoms. The van der Waals surface area contributed by atoms with E-state index in [9.17, 15) is 23.5 Å². The Balaban J connectivity index is 1.90. The molecule has 1 unspecified atom stereocenters. The van der Waals surface area contributed by atoms with E-state index >= 15 is 0 Å². The maximum atomic E-state index is 14.0. The van der Waals surface area contributed by atoms with Crippen LogP contribution in [0.5, 0.6) is 5.75 Å². The third kappa shape index (κ3) is 4.19. The van der Waals surface area contributed by atoms with E-state index in [0.717, 1.165) is 17.0 Å². The number of Topliss-reactive ketones (excluding diaryl/α,β-unsaturated/α-hetero) is 1. The molecule has 2 aromatic carbocycles. The molecule has 168 valence electrons. The van der Waals surface area contributed by atoms with E-state index in [4.69, 9.17) is 4.74 Å². The van der Waals surface area contributed by atoms with Gasteiger partial charge in [0, 0.05) is 23.5 Å². The number of nitrogens with zero attached hydrogens (tertiary/aromatic N) is 2. The van der Waals surface area contributed by atoms with Gasteiger partial charge in [0.05, 0.1) is 17.4 Å². The van der Waals surface area contributed by atoms with Crippen LogP contribution in [0.15, 0.2) is 72.4 Å². The highest BCUT2D eigenvalue weighted by atomic mass is 19.2. The lowest BCUT2D eigenvalue weighted by Gasteiger charge is -2.24. The lowest BCUT2D eigenvalue weighted by Crippen LogP contribution is -2.30. The summed E-state index contributed by atoms with van der Waals surface area (Å²) >= 11 is 0. The summed E-state index contributed by atoms with van der Waals surface area (Å²) < 4.78 is 33.1. The highest BCUT2D eigenvalue weighted by molar-refractivity contribution is 6.51. The molecule has 1 aromatic heterocycles. The number of aromatic nitrogens is 1. The molecule has 4 rings (SSSR count). The minimum atomic E-state index is -1.17. The fraction of sp³-hybridized carbons (Fsp3) is 0.160. The van der Waals surface area contributed by atoms with Crippen LogP contribution in [-0.2, 0) is 9.59 Å². The van der Waals surface area contributed by atoms with E-state index < -0.39 is 35.1 Å². The largest absolute Gasteiger partial charge is 0.507 e. The second kappa shape index (κ2) is 8.82. The van der Waals surface area contributed by atoms with Gasteiger partial charge in [-0.1, -0.05) is 18.2 Å². The predicted octanol–water partition coefficient (Wildman–Crippen LogP) is 4.77. The lowest BCUT2D eigenvalue weighted by molar-refractivity contribution is -0.132. The van der Waals surface area contributed by atoms with Crippen LogP contribution in [0, 0.1) is 11.6 Å². The molecule has 1 N–H and O–H groups in total. The van der Waals surface area contributed by atoms with Gasteiger partial charge in [0.2, 0.25) is 0 Å². The minimum Gasteiger partial charge on any atom is -0.507 e. The summed E-state index contributed by atoms with van der Waals surface area (Å²) in [5, 5.41) is 11.1. The molecule has 0 radical (unpaired) electrons. The van der Waals surface area contributed by atoms with Crippen molar-refractivity contribution in [3.8, 4) is 5.75 Å². The molecule has 1 atom stereocenters. The number of ether oxygens (including phenoxy) is 1. The number of pyridine rings is 1. The number of ketones is 1. The number of hydrogen-bond donors (Lipinski definition) is 1. The van der Waals surface area contributed by atoms with Crippen molar-refractivity contribution in [3.05, 3.63) is 95.3 Å². The van der Waals surface area contributed by atoms with Crippen LogP contribution in [0.1, 0.15) is 31.1 Å². The van der Waals surface area contributed by atoms with Crippen LogP contribution in [0.3, 0.4) is 0 Å². The molecule has 33 heavy (non-hydrogen) atoms. The molecule has 0 spiro atoms. The Labute approximate surface area is 188 Å². The standard InChI is InChI=1S/C25H20F2N2O4/c1-14(2)33-17-7-5-6-15(12-17)23(30)21-22(20-8-3-4-11-28-20)29(25(32)24(21)31)16-9-10-18(26)19(27)13-16/h3-14,22,30H,1-2H3/b23-21+. The second-order valence-electron chi connectivity index (χ2n) is 7.72. The number of carbonyl (C=O) groups is 2. The number of anilines is 1. The van der Waals surface area contributed by atoms with Gasteiger partial charge in [-0.3, -0.25) is 19.5 Å². The van der Waals surface area contributed by atoms with E-state index in [1.54, 1.807) is 42.5 Å². The molecule has 1 fully saturated rings. The van der Waals surface area contributed by atoms with E-state index in [1.807, 2.05) is 13.8 Å². The smallest absolute Gasteiger partial charge is 0.300 e. The zero-order valence-corrected chi connectivity index (χ0v) is 17.8. The number of aliphatic hydroxyl groups excluding tert-OH is 1. The molecular formula is C25H20F2N2O4. The predicted molar refractivity (Wildman–Crippen MR) is 118 cm³/mol. The first-order chi connectivity index (χ1) is 15.8. The van der Waals surface area contributed by atoms with E-state index in [2.05, 4.69) is 4.98 Å². The molecule has 2 heterocycles. The van der Waals surface area contributed by atoms with Crippen molar-refractivity contribution in [2.24, 2.45) is 0 Å². The van der Waals surface area contributed by atoms with Crippen LogP contribution in [0.4, 0.5) is 14.5 Å². The van der Waals surface area contributed by atoms with Gasteiger partial charge in [-0.2, -0.15) is 0 Å². The molecule has 0 aliphatic carbocycles. The van der Waals surface area contributed by atoms with Crippen molar-refractivity contribution < 1.29 is 28.2 Å². The second-order valence-corrected chi connectivity index (χ2v) is 7.72. The number of rotatable bonds is 5. The highest BCUT2D eigenvalue weighted by Gasteiger charge is 2.47. The maximum absolute atomic E-state index is 14.0. The van der Waals surface area contributed by atoms with Crippen molar-refractivity contribution >= 4 is 23.1 Å². The van der Waals surface area contributed by atoms with Gasteiger partial charge < -0.3 is 9.84 Å². The van der Waals surface area contributed by atoms with Gasteiger partial charge in [0.15, 0.2) is 11.6 Å². The Hall–Kier alpha value is -4.07.